The normalized spacial score (nSPS) is 39.4. The average Bonchev–Trinajstić information content (AvgIpc) is 3.16. The third-order valence-corrected chi connectivity index (χ3v) is 10.5. The fourth-order valence-corrected chi connectivity index (χ4v) is 8.63. The molecule has 1 aliphatic heterocycles. The number of ketones is 1. The second-order valence-electron chi connectivity index (χ2n) is 11.6. The van der Waals surface area contributed by atoms with Gasteiger partial charge in [-0.05, 0) is 97.8 Å². The van der Waals surface area contributed by atoms with Gasteiger partial charge in [-0.25, -0.2) is 0 Å². The number of Topliss-reactive ketones (excluding diaryl/α,β-unsaturated/α-hetero) is 1. The first-order valence-corrected chi connectivity index (χ1v) is 13.2. The lowest BCUT2D eigenvalue weighted by atomic mass is 9.47. The summed E-state index contributed by atoms with van der Waals surface area (Å²) in [6.45, 7) is 9.03. The second kappa shape index (κ2) is 7.99. The highest BCUT2D eigenvalue weighted by molar-refractivity contribution is 6.03. The van der Waals surface area contributed by atoms with Crippen molar-refractivity contribution < 1.29 is 9.59 Å². The summed E-state index contributed by atoms with van der Waals surface area (Å²) in [5.74, 6) is 2.19. The third kappa shape index (κ3) is 3.23. The Labute approximate surface area is 198 Å². The average molecular weight is 449 g/mol. The summed E-state index contributed by atoms with van der Waals surface area (Å²) in [7, 11) is 0. The molecule has 0 aromatic heterocycles. The maximum atomic E-state index is 13.9. The molecular formula is C29H40N2O2. The maximum Gasteiger partial charge on any atom is 0.243 e. The van der Waals surface area contributed by atoms with Gasteiger partial charge in [-0.15, -0.1) is 0 Å². The SMILES string of the molecule is CCc1ccc(C(=O)[C@H]2CC[C@H]3[C@@H]4CCC5NC(=O)C=C[C@]5(C)[C@H]4CC[C@]23C)c(N)c1CC. The van der Waals surface area contributed by atoms with Gasteiger partial charge >= 0.3 is 0 Å². The molecule has 3 aliphatic carbocycles. The summed E-state index contributed by atoms with van der Waals surface area (Å²) in [6, 6.07) is 4.38. The molecule has 0 saturated heterocycles. The zero-order valence-corrected chi connectivity index (χ0v) is 20.7. The monoisotopic (exact) mass is 448 g/mol. The van der Waals surface area contributed by atoms with Gasteiger partial charge < -0.3 is 11.1 Å². The molecule has 3 N–H and O–H groups in total. The summed E-state index contributed by atoms with van der Waals surface area (Å²) in [5, 5.41) is 3.24. The molecule has 1 aromatic carbocycles. The number of carbonyl (C=O) groups excluding carboxylic acids is 2. The first kappa shape index (κ1) is 22.7. The standard InChI is InChI=1S/C29H40N2O2/c1-5-17-7-8-20(26(30)18(17)6-2)27(33)23-11-10-21-19-9-12-24-29(4,16-14-25(32)31-24)22(19)13-15-28(21,23)3/h7-8,14,16,19,21-24H,5-6,9-13,15,30H2,1-4H3,(H,31,32)/t19-,21-,22-,23+,24?,28-,29+/m0/s1. The van der Waals surface area contributed by atoms with E-state index in [1.54, 1.807) is 6.08 Å². The van der Waals surface area contributed by atoms with Crippen LogP contribution in [0.4, 0.5) is 5.69 Å². The molecule has 3 fully saturated rings. The smallest absolute Gasteiger partial charge is 0.243 e. The Balaban J connectivity index is 1.44. The van der Waals surface area contributed by atoms with Gasteiger partial charge in [-0.1, -0.05) is 39.8 Å². The van der Waals surface area contributed by atoms with Gasteiger partial charge in [0.15, 0.2) is 5.78 Å². The van der Waals surface area contributed by atoms with Crippen molar-refractivity contribution in [3.63, 3.8) is 0 Å². The molecule has 0 radical (unpaired) electrons. The van der Waals surface area contributed by atoms with E-state index in [1.807, 2.05) is 6.07 Å². The number of nitrogen functional groups attached to an aromatic ring is 1. The Morgan fingerprint density at radius 2 is 1.85 bits per heavy atom. The molecular weight excluding hydrogens is 408 g/mol. The van der Waals surface area contributed by atoms with Crippen LogP contribution in [0.25, 0.3) is 0 Å². The molecule has 4 aliphatic rings. The summed E-state index contributed by atoms with van der Waals surface area (Å²) >= 11 is 0. The third-order valence-electron chi connectivity index (χ3n) is 10.5. The number of aryl methyl sites for hydroxylation is 1. The lowest BCUT2D eigenvalue weighted by molar-refractivity contribution is -0.122. The van der Waals surface area contributed by atoms with Crippen LogP contribution < -0.4 is 11.1 Å². The van der Waals surface area contributed by atoms with Crippen molar-refractivity contribution in [3.8, 4) is 0 Å². The highest BCUT2D eigenvalue weighted by Crippen LogP contribution is 2.65. The molecule has 178 valence electrons. The Morgan fingerprint density at radius 1 is 1.06 bits per heavy atom. The van der Waals surface area contributed by atoms with Crippen molar-refractivity contribution in [1.29, 1.82) is 0 Å². The molecule has 4 nitrogen and oxygen atoms in total. The van der Waals surface area contributed by atoms with Crippen molar-refractivity contribution in [2.45, 2.75) is 85.1 Å². The first-order valence-electron chi connectivity index (χ1n) is 13.2. The topological polar surface area (TPSA) is 72.2 Å². The molecule has 1 heterocycles. The van der Waals surface area contributed by atoms with Crippen molar-refractivity contribution in [3.05, 3.63) is 41.0 Å². The van der Waals surface area contributed by atoms with Crippen LogP contribution in [0.2, 0.25) is 0 Å². The number of anilines is 1. The van der Waals surface area contributed by atoms with Gasteiger partial charge in [0.05, 0.1) is 0 Å². The minimum atomic E-state index is 0.0384. The Hall–Kier alpha value is -2.10. The number of nitrogens with one attached hydrogen (secondary N) is 1. The highest BCUT2D eigenvalue weighted by Gasteiger charge is 2.60. The fourth-order valence-electron chi connectivity index (χ4n) is 8.63. The van der Waals surface area contributed by atoms with Crippen LogP contribution in [0.5, 0.6) is 0 Å². The van der Waals surface area contributed by atoms with Crippen LogP contribution in [0, 0.1) is 34.5 Å². The summed E-state index contributed by atoms with van der Waals surface area (Å²) < 4.78 is 0. The van der Waals surface area contributed by atoms with E-state index in [-0.39, 0.29) is 34.5 Å². The van der Waals surface area contributed by atoms with Crippen LogP contribution in [0.15, 0.2) is 24.3 Å². The number of carbonyl (C=O) groups is 2. The summed E-state index contributed by atoms with van der Waals surface area (Å²) in [4.78, 5) is 25.9. The number of hydrogen-bond acceptors (Lipinski definition) is 3. The van der Waals surface area contributed by atoms with E-state index in [4.69, 9.17) is 5.73 Å². The zero-order chi connectivity index (χ0) is 23.5. The van der Waals surface area contributed by atoms with E-state index in [9.17, 15) is 9.59 Å². The number of rotatable bonds is 4. The quantitative estimate of drug-likeness (QED) is 0.472. The molecule has 0 bridgehead atoms. The van der Waals surface area contributed by atoms with Crippen molar-refractivity contribution in [2.75, 3.05) is 5.73 Å². The molecule has 4 heteroatoms. The van der Waals surface area contributed by atoms with Gasteiger partial charge in [-0.2, -0.15) is 0 Å². The fraction of sp³-hybridized carbons (Fsp3) is 0.655. The van der Waals surface area contributed by atoms with Crippen LogP contribution in [0.3, 0.4) is 0 Å². The minimum absolute atomic E-state index is 0.0384. The molecule has 0 spiro atoms. The number of hydrogen-bond donors (Lipinski definition) is 2. The predicted octanol–water partition coefficient (Wildman–Crippen LogP) is 5.49. The van der Waals surface area contributed by atoms with Gasteiger partial charge in [0.1, 0.15) is 0 Å². The van der Waals surface area contributed by atoms with Gasteiger partial charge in [0, 0.05) is 28.6 Å². The minimum Gasteiger partial charge on any atom is -0.398 e. The van der Waals surface area contributed by atoms with E-state index in [0.717, 1.165) is 68.2 Å². The molecule has 1 amide bonds. The largest absolute Gasteiger partial charge is 0.398 e. The van der Waals surface area contributed by atoms with Crippen LogP contribution in [0.1, 0.15) is 87.7 Å². The highest BCUT2D eigenvalue weighted by atomic mass is 16.1. The van der Waals surface area contributed by atoms with Crippen LogP contribution in [-0.2, 0) is 17.6 Å². The van der Waals surface area contributed by atoms with E-state index in [2.05, 4.69) is 45.2 Å². The predicted molar refractivity (Wildman–Crippen MR) is 133 cm³/mol. The Kier molecular flexibility index (Phi) is 5.49. The molecule has 3 saturated carbocycles. The molecule has 5 rings (SSSR count). The summed E-state index contributed by atoms with van der Waals surface area (Å²) in [5.41, 5.74) is 10.6. The maximum absolute atomic E-state index is 13.9. The number of nitrogens with two attached hydrogens (primary N) is 1. The van der Waals surface area contributed by atoms with Crippen LogP contribution in [-0.4, -0.2) is 17.7 Å². The van der Waals surface area contributed by atoms with Crippen molar-refractivity contribution in [1.82, 2.24) is 5.32 Å². The number of amides is 1. The molecule has 1 aromatic rings. The molecule has 33 heavy (non-hydrogen) atoms. The molecule has 1 unspecified atom stereocenters. The van der Waals surface area contributed by atoms with Crippen LogP contribution >= 0.6 is 0 Å². The van der Waals surface area contributed by atoms with E-state index in [1.165, 1.54) is 5.56 Å². The number of benzene rings is 1. The number of fused-ring (bicyclic) bond motifs is 5. The van der Waals surface area contributed by atoms with Crippen molar-refractivity contribution in [2.24, 2.45) is 34.5 Å². The van der Waals surface area contributed by atoms with Gasteiger partial charge in [-0.3, -0.25) is 9.59 Å². The second-order valence-corrected chi connectivity index (χ2v) is 11.6. The lowest BCUT2D eigenvalue weighted by Gasteiger charge is -2.58. The lowest BCUT2D eigenvalue weighted by Crippen LogP contribution is -2.59. The summed E-state index contributed by atoms with van der Waals surface area (Å²) in [6.07, 6.45) is 12.3. The van der Waals surface area contributed by atoms with E-state index >= 15 is 0 Å². The molecule has 7 atom stereocenters. The van der Waals surface area contributed by atoms with E-state index in [0.29, 0.717) is 17.8 Å². The Bertz CT molecular complexity index is 1010. The van der Waals surface area contributed by atoms with E-state index < -0.39 is 0 Å². The Morgan fingerprint density at radius 3 is 2.58 bits per heavy atom. The first-order chi connectivity index (χ1) is 15.7. The van der Waals surface area contributed by atoms with Crippen molar-refractivity contribution >= 4 is 17.4 Å². The zero-order valence-electron chi connectivity index (χ0n) is 20.7. The van der Waals surface area contributed by atoms with Gasteiger partial charge in [0.2, 0.25) is 5.91 Å². The van der Waals surface area contributed by atoms with Gasteiger partial charge in [0.25, 0.3) is 0 Å².